The summed E-state index contributed by atoms with van der Waals surface area (Å²) in [7, 11) is 0. The van der Waals surface area contributed by atoms with Crippen LogP contribution in [0.15, 0.2) is 18.3 Å². The lowest BCUT2D eigenvalue weighted by Gasteiger charge is -2.05. The Morgan fingerprint density at radius 3 is 2.57 bits per heavy atom. The average molecular weight is 185 g/mol. The summed E-state index contributed by atoms with van der Waals surface area (Å²) in [5.74, 6) is 7.91. The van der Waals surface area contributed by atoms with Crippen molar-refractivity contribution in [1.82, 2.24) is 4.98 Å². The highest BCUT2D eigenvalue weighted by atomic mass is 16.3. The van der Waals surface area contributed by atoms with Crippen molar-refractivity contribution in [3.63, 3.8) is 0 Å². The molecule has 0 aliphatic heterocycles. The first kappa shape index (κ1) is 10.3. The van der Waals surface area contributed by atoms with Crippen molar-refractivity contribution in [3.05, 3.63) is 29.6 Å². The number of rotatable bonds is 0. The van der Waals surface area contributed by atoms with Crippen molar-refractivity contribution in [2.45, 2.75) is 19.4 Å². The molecule has 14 heavy (non-hydrogen) atoms. The van der Waals surface area contributed by atoms with Gasteiger partial charge in [-0.25, -0.2) is 4.98 Å². The van der Waals surface area contributed by atoms with Crippen LogP contribution in [0.4, 0.5) is 0 Å². The molecule has 1 N–H and O–H groups in total. The molecule has 0 aliphatic rings. The number of hydrogen-bond acceptors (Lipinski definition) is 2. The SMILES string of the molecule is C#Cc1ccc(C#CC(C)(C)O)cn1. The van der Waals surface area contributed by atoms with Gasteiger partial charge >= 0.3 is 0 Å². The molecule has 1 aromatic rings. The molecule has 0 atom stereocenters. The zero-order chi connectivity index (χ0) is 10.6. The third-order valence-corrected chi connectivity index (χ3v) is 1.42. The average Bonchev–Trinajstić information content (AvgIpc) is 2.14. The molecule has 1 aromatic heterocycles. The number of nitrogens with zero attached hydrogens (tertiary/aromatic N) is 1. The second-order valence-electron chi connectivity index (χ2n) is 3.39. The fourth-order valence-electron chi connectivity index (χ4n) is 0.778. The Morgan fingerprint density at radius 1 is 1.43 bits per heavy atom. The van der Waals surface area contributed by atoms with E-state index in [-0.39, 0.29) is 0 Å². The summed E-state index contributed by atoms with van der Waals surface area (Å²) in [4.78, 5) is 3.98. The summed E-state index contributed by atoms with van der Waals surface area (Å²) in [6.45, 7) is 3.26. The van der Waals surface area contributed by atoms with Crippen LogP contribution >= 0.6 is 0 Å². The van der Waals surface area contributed by atoms with E-state index in [1.165, 1.54) is 0 Å². The first-order valence-electron chi connectivity index (χ1n) is 4.19. The number of terminal acetylenes is 1. The molecule has 1 heterocycles. The molecule has 2 nitrogen and oxygen atoms in total. The summed E-state index contributed by atoms with van der Waals surface area (Å²) < 4.78 is 0. The quantitative estimate of drug-likeness (QED) is 0.616. The number of hydrogen-bond donors (Lipinski definition) is 1. The molecule has 2 heteroatoms. The second kappa shape index (κ2) is 3.96. The van der Waals surface area contributed by atoms with Gasteiger partial charge in [-0.2, -0.15) is 0 Å². The smallest absolute Gasteiger partial charge is 0.120 e. The van der Waals surface area contributed by atoms with Crippen LogP contribution in [-0.2, 0) is 0 Å². The lowest BCUT2D eigenvalue weighted by atomic mass is 10.1. The Bertz CT molecular complexity index is 407. The zero-order valence-corrected chi connectivity index (χ0v) is 8.20. The van der Waals surface area contributed by atoms with Gasteiger partial charge < -0.3 is 5.11 Å². The molecule has 0 spiro atoms. The maximum absolute atomic E-state index is 9.35. The topological polar surface area (TPSA) is 33.1 Å². The van der Waals surface area contributed by atoms with E-state index in [9.17, 15) is 5.11 Å². The number of aromatic nitrogens is 1. The van der Waals surface area contributed by atoms with E-state index in [1.807, 2.05) is 0 Å². The van der Waals surface area contributed by atoms with Gasteiger partial charge in [-0.1, -0.05) is 17.8 Å². The molecular weight excluding hydrogens is 174 g/mol. The minimum absolute atomic E-state index is 0.582. The summed E-state index contributed by atoms with van der Waals surface area (Å²) in [6, 6.07) is 3.50. The van der Waals surface area contributed by atoms with Gasteiger partial charge in [0.25, 0.3) is 0 Å². The van der Waals surface area contributed by atoms with E-state index in [4.69, 9.17) is 6.42 Å². The van der Waals surface area contributed by atoms with Gasteiger partial charge in [-0.3, -0.25) is 0 Å². The largest absolute Gasteiger partial charge is 0.378 e. The van der Waals surface area contributed by atoms with Crippen LogP contribution in [0.5, 0.6) is 0 Å². The van der Waals surface area contributed by atoms with Crippen LogP contribution < -0.4 is 0 Å². The van der Waals surface area contributed by atoms with Gasteiger partial charge in [-0.15, -0.1) is 6.42 Å². The van der Waals surface area contributed by atoms with Gasteiger partial charge in [0.1, 0.15) is 11.3 Å². The van der Waals surface area contributed by atoms with Gasteiger partial charge in [0.05, 0.1) is 0 Å². The third kappa shape index (κ3) is 3.31. The standard InChI is InChI=1S/C12H11NO/c1-4-11-6-5-10(9-13-11)7-8-12(2,3)14/h1,5-6,9,14H,2-3H3. The van der Waals surface area contributed by atoms with Crippen molar-refractivity contribution in [1.29, 1.82) is 0 Å². The predicted molar refractivity (Wildman–Crippen MR) is 55.3 cm³/mol. The lowest BCUT2D eigenvalue weighted by molar-refractivity contribution is 0.143. The Balaban J connectivity index is 2.89. The fraction of sp³-hybridized carbons (Fsp3) is 0.250. The summed E-state index contributed by atoms with van der Waals surface area (Å²) in [5.41, 5.74) is 0.343. The van der Waals surface area contributed by atoms with E-state index in [2.05, 4.69) is 22.7 Å². The van der Waals surface area contributed by atoms with Crippen LogP contribution in [0.25, 0.3) is 0 Å². The Labute approximate surface area is 84.0 Å². The van der Waals surface area contributed by atoms with Crippen molar-refractivity contribution >= 4 is 0 Å². The Kier molecular flexibility index (Phi) is 2.92. The molecular formula is C12H11NO. The maximum Gasteiger partial charge on any atom is 0.120 e. The highest BCUT2D eigenvalue weighted by molar-refractivity contribution is 5.36. The third-order valence-electron chi connectivity index (χ3n) is 1.42. The van der Waals surface area contributed by atoms with Gasteiger partial charge in [0.15, 0.2) is 0 Å². The summed E-state index contributed by atoms with van der Waals surface area (Å²) in [6.07, 6.45) is 6.75. The van der Waals surface area contributed by atoms with Crippen LogP contribution in [0.2, 0.25) is 0 Å². The second-order valence-corrected chi connectivity index (χ2v) is 3.39. The van der Waals surface area contributed by atoms with Gasteiger partial charge in [0.2, 0.25) is 0 Å². The Hall–Kier alpha value is -1.77. The maximum atomic E-state index is 9.35. The lowest BCUT2D eigenvalue weighted by Crippen LogP contribution is -2.14. The van der Waals surface area contributed by atoms with Crippen LogP contribution in [0.3, 0.4) is 0 Å². The molecule has 0 saturated carbocycles. The Morgan fingerprint density at radius 2 is 2.14 bits per heavy atom. The predicted octanol–water partition coefficient (Wildman–Crippen LogP) is 1.19. The van der Waals surface area contributed by atoms with Crippen molar-refractivity contribution in [2.75, 3.05) is 0 Å². The highest BCUT2D eigenvalue weighted by Crippen LogP contribution is 2.00. The molecule has 0 radical (unpaired) electrons. The van der Waals surface area contributed by atoms with E-state index < -0.39 is 5.60 Å². The number of aliphatic hydroxyl groups is 1. The fourth-order valence-corrected chi connectivity index (χ4v) is 0.778. The number of pyridine rings is 1. The van der Waals surface area contributed by atoms with Gasteiger partial charge in [-0.05, 0) is 26.0 Å². The van der Waals surface area contributed by atoms with Crippen LogP contribution in [0.1, 0.15) is 25.1 Å². The normalized spacial score (nSPS) is 9.86. The van der Waals surface area contributed by atoms with E-state index >= 15 is 0 Å². The first-order valence-corrected chi connectivity index (χ1v) is 4.19. The van der Waals surface area contributed by atoms with Crippen molar-refractivity contribution in [3.8, 4) is 24.2 Å². The minimum Gasteiger partial charge on any atom is -0.378 e. The summed E-state index contributed by atoms with van der Waals surface area (Å²) >= 11 is 0. The molecule has 70 valence electrons. The van der Waals surface area contributed by atoms with Gasteiger partial charge in [0, 0.05) is 11.8 Å². The molecule has 0 fully saturated rings. The zero-order valence-electron chi connectivity index (χ0n) is 8.20. The van der Waals surface area contributed by atoms with Crippen LogP contribution in [-0.4, -0.2) is 15.7 Å². The minimum atomic E-state index is -0.981. The summed E-state index contributed by atoms with van der Waals surface area (Å²) in [5, 5.41) is 9.35. The molecule has 0 saturated heterocycles. The monoisotopic (exact) mass is 185 g/mol. The highest BCUT2D eigenvalue weighted by Gasteiger charge is 2.05. The molecule has 0 bridgehead atoms. The molecule has 0 unspecified atom stereocenters. The van der Waals surface area contributed by atoms with E-state index in [0.29, 0.717) is 5.69 Å². The molecule has 0 amide bonds. The van der Waals surface area contributed by atoms with Crippen molar-refractivity contribution < 1.29 is 5.11 Å². The van der Waals surface area contributed by atoms with Crippen LogP contribution in [0, 0.1) is 24.2 Å². The van der Waals surface area contributed by atoms with E-state index in [0.717, 1.165) is 5.56 Å². The first-order chi connectivity index (χ1) is 6.51. The van der Waals surface area contributed by atoms with Crippen molar-refractivity contribution in [2.24, 2.45) is 0 Å². The van der Waals surface area contributed by atoms with E-state index in [1.54, 1.807) is 32.2 Å². The molecule has 1 rings (SSSR count). The molecule has 0 aromatic carbocycles. The molecule has 0 aliphatic carbocycles.